The van der Waals surface area contributed by atoms with Crippen molar-refractivity contribution in [3.05, 3.63) is 59.7 Å². The Balaban J connectivity index is 1.28. The summed E-state index contributed by atoms with van der Waals surface area (Å²) >= 11 is 0. The Labute approximate surface area is 187 Å². The second-order valence-electron chi connectivity index (χ2n) is 8.62. The number of carboxylic acids is 1. The lowest BCUT2D eigenvalue weighted by Gasteiger charge is -2.20. The second-order valence-corrected chi connectivity index (χ2v) is 8.62. The van der Waals surface area contributed by atoms with Gasteiger partial charge >= 0.3 is 12.1 Å². The molecular formula is C25H28N2O5. The summed E-state index contributed by atoms with van der Waals surface area (Å²) in [5.41, 5.74) is 4.60. The Kier molecular flexibility index (Phi) is 6.44. The number of carboxylic acid groups (broad SMARTS) is 1. The monoisotopic (exact) mass is 436 g/mol. The molecule has 0 aliphatic heterocycles. The van der Waals surface area contributed by atoms with Crippen molar-refractivity contribution in [2.45, 2.75) is 50.6 Å². The van der Waals surface area contributed by atoms with Crippen LogP contribution < -0.4 is 10.6 Å². The van der Waals surface area contributed by atoms with Gasteiger partial charge in [-0.1, -0.05) is 55.0 Å². The highest BCUT2D eigenvalue weighted by atomic mass is 16.5. The molecule has 168 valence electrons. The van der Waals surface area contributed by atoms with Crippen LogP contribution in [0, 0.1) is 5.92 Å². The van der Waals surface area contributed by atoms with Crippen LogP contribution in [0.5, 0.6) is 0 Å². The molecule has 1 saturated carbocycles. The van der Waals surface area contributed by atoms with Crippen LogP contribution in [0.25, 0.3) is 11.1 Å². The van der Waals surface area contributed by atoms with E-state index in [1.807, 2.05) is 24.3 Å². The van der Waals surface area contributed by atoms with Gasteiger partial charge in [0.05, 0.1) is 5.92 Å². The van der Waals surface area contributed by atoms with Crippen molar-refractivity contribution >= 4 is 18.0 Å². The van der Waals surface area contributed by atoms with Crippen molar-refractivity contribution in [2.24, 2.45) is 5.92 Å². The minimum absolute atomic E-state index is 0.0259. The van der Waals surface area contributed by atoms with Gasteiger partial charge in [0.2, 0.25) is 5.91 Å². The number of rotatable bonds is 7. The van der Waals surface area contributed by atoms with Gasteiger partial charge in [0.25, 0.3) is 0 Å². The van der Waals surface area contributed by atoms with Crippen molar-refractivity contribution in [1.29, 1.82) is 0 Å². The minimum Gasteiger partial charge on any atom is -0.481 e. The van der Waals surface area contributed by atoms with Crippen molar-refractivity contribution in [3.8, 4) is 11.1 Å². The van der Waals surface area contributed by atoms with Gasteiger partial charge in [-0.25, -0.2) is 4.79 Å². The van der Waals surface area contributed by atoms with Crippen LogP contribution in [0.15, 0.2) is 48.5 Å². The first-order chi connectivity index (χ1) is 15.4. The number of alkyl carbamates (subject to hydrolysis) is 1. The molecule has 0 heterocycles. The maximum absolute atomic E-state index is 12.4. The first-order valence-electron chi connectivity index (χ1n) is 11.1. The average molecular weight is 437 g/mol. The molecule has 0 saturated heterocycles. The standard InChI is InChI=1S/C25H28N2O5/c1-15(13-23(28)27-22-12-6-11-20(22)24(29)30)26-25(31)32-14-21-18-9-4-2-7-16(18)17-8-3-5-10-19(17)21/h2-5,7-10,15,20-22H,6,11-14H2,1H3,(H,26,31)(H,27,28)(H,29,30)/t15-,20?,22?/m0/s1. The van der Waals surface area contributed by atoms with Crippen molar-refractivity contribution < 1.29 is 24.2 Å². The third-order valence-corrected chi connectivity index (χ3v) is 6.38. The molecule has 3 N–H and O–H groups in total. The number of carbonyl (C=O) groups excluding carboxylic acids is 2. The smallest absolute Gasteiger partial charge is 0.407 e. The first-order valence-corrected chi connectivity index (χ1v) is 11.1. The number of benzene rings is 2. The van der Waals surface area contributed by atoms with E-state index in [0.717, 1.165) is 28.7 Å². The Morgan fingerprint density at radius 1 is 1.03 bits per heavy atom. The molecule has 4 rings (SSSR count). The zero-order chi connectivity index (χ0) is 22.7. The van der Waals surface area contributed by atoms with E-state index in [9.17, 15) is 19.5 Å². The summed E-state index contributed by atoms with van der Waals surface area (Å²) in [4.78, 5) is 35.9. The molecule has 32 heavy (non-hydrogen) atoms. The highest BCUT2D eigenvalue weighted by Crippen LogP contribution is 2.44. The van der Waals surface area contributed by atoms with E-state index in [1.165, 1.54) is 0 Å². The fourth-order valence-electron chi connectivity index (χ4n) is 4.86. The van der Waals surface area contributed by atoms with Gasteiger partial charge in [-0.15, -0.1) is 0 Å². The normalized spacial score (nSPS) is 20.2. The van der Waals surface area contributed by atoms with Crippen LogP contribution in [0.2, 0.25) is 0 Å². The molecule has 2 aromatic rings. The number of amides is 2. The lowest BCUT2D eigenvalue weighted by Crippen LogP contribution is -2.43. The zero-order valence-electron chi connectivity index (χ0n) is 18.0. The number of aliphatic carboxylic acids is 1. The molecule has 7 heteroatoms. The molecule has 2 aliphatic carbocycles. The van der Waals surface area contributed by atoms with Crippen LogP contribution in [0.4, 0.5) is 4.79 Å². The third-order valence-electron chi connectivity index (χ3n) is 6.38. The summed E-state index contributed by atoms with van der Waals surface area (Å²) in [5.74, 6) is -1.71. The highest BCUT2D eigenvalue weighted by molar-refractivity contribution is 5.80. The van der Waals surface area contributed by atoms with Crippen LogP contribution in [0.1, 0.15) is 49.7 Å². The van der Waals surface area contributed by atoms with Gasteiger partial charge in [0, 0.05) is 24.4 Å². The Morgan fingerprint density at radius 3 is 2.28 bits per heavy atom. The van der Waals surface area contributed by atoms with Gasteiger partial charge in [0.15, 0.2) is 0 Å². The van der Waals surface area contributed by atoms with E-state index in [0.29, 0.717) is 12.8 Å². The molecule has 2 amide bonds. The Morgan fingerprint density at radius 2 is 1.66 bits per heavy atom. The fourth-order valence-corrected chi connectivity index (χ4v) is 4.86. The van der Waals surface area contributed by atoms with E-state index >= 15 is 0 Å². The maximum Gasteiger partial charge on any atom is 0.407 e. The number of fused-ring (bicyclic) bond motifs is 3. The average Bonchev–Trinajstić information content (AvgIpc) is 3.34. The quantitative estimate of drug-likeness (QED) is 0.614. The molecule has 7 nitrogen and oxygen atoms in total. The predicted molar refractivity (Wildman–Crippen MR) is 119 cm³/mol. The van der Waals surface area contributed by atoms with Crippen molar-refractivity contribution in [1.82, 2.24) is 10.6 Å². The van der Waals surface area contributed by atoms with Crippen LogP contribution in [0.3, 0.4) is 0 Å². The number of carbonyl (C=O) groups is 3. The summed E-state index contributed by atoms with van der Waals surface area (Å²) in [6, 6.07) is 15.5. The molecular weight excluding hydrogens is 408 g/mol. The van der Waals surface area contributed by atoms with Crippen molar-refractivity contribution in [2.75, 3.05) is 6.61 Å². The van der Waals surface area contributed by atoms with E-state index in [-0.39, 0.29) is 30.9 Å². The fraction of sp³-hybridized carbons (Fsp3) is 0.400. The SMILES string of the molecule is C[C@@H](CC(=O)NC1CCCC1C(=O)O)NC(=O)OCC1c2ccccc2-c2ccccc21. The van der Waals surface area contributed by atoms with Gasteiger partial charge in [-0.05, 0) is 42.0 Å². The van der Waals surface area contributed by atoms with Crippen molar-refractivity contribution in [3.63, 3.8) is 0 Å². The van der Waals surface area contributed by atoms with Gasteiger partial charge in [-0.3, -0.25) is 9.59 Å². The largest absolute Gasteiger partial charge is 0.481 e. The summed E-state index contributed by atoms with van der Waals surface area (Å²) in [5, 5.41) is 14.7. The molecule has 2 unspecified atom stereocenters. The first kappa shape index (κ1) is 21.9. The van der Waals surface area contributed by atoms with E-state index in [2.05, 4.69) is 34.9 Å². The van der Waals surface area contributed by atoms with E-state index in [1.54, 1.807) is 6.92 Å². The van der Waals surface area contributed by atoms with Crippen LogP contribution in [-0.2, 0) is 14.3 Å². The van der Waals surface area contributed by atoms with Gasteiger partial charge in [-0.2, -0.15) is 0 Å². The molecule has 0 radical (unpaired) electrons. The molecule has 2 aromatic carbocycles. The summed E-state index contributed by atoms with van der Waals surface area (Å²) in [7, 11) is 0. The molecule has 0 spiro atoms. The topological polar surface area (TPSA) is 105 Å². The van der Waals surface area contributed by atoms with Crippen LogP contribution >= 0.6 is 0 Å². The molecule has 0 aromatic heterocycles. The molecule has 2 aliphatic rings. The van der Waals surface area contributed by atoms with Crippen LogP contribution in [-0.4, -0.2) is 41.8 Å². The number of ether oxygens (including phenoxy) is 1. The number of hydrogen-bond donors (Lipinski definition) is 3. The third kappa shape index (κ3) is 4.61. The van der Waals surface area contributed by atoms with Gasteiger partial charge in [0.1, 0.15) is 6.61 Å². The molecule has 0 bridgehead atoms. The summed E-state index contributed by atoms with van der Waals surface area (Å²) in [6.07, 6.45) is 1.52. The molecule has 1 fully saturated rings. The highest BCUT2D eigenvalue weighted by Gasteiger charge is 2.34. The van der Waals surface area contributed by atoms with E-state index in [4.69, 9.17) is 4.74 Å². The lowest BCUT2D eigenvalue weighted by atomic mass is 9.98. The number of nitrogens with one attached hydrogen (secondary N) is 2. The maximum atomic E-state index is 12.4. The Bertz CT molecular complexity index is 975. The predicted octanol–water partition coefficient (Wildman–Crippen LogP) is 3.67. The molecule has 3 atom stereocenters. The zero-order valence-corrected chi connectivity index (χ0v) is 18.0. The number of hydrogen-bond acceptors (Lipinski definition) is 4. The minimum atomic E-state index is -0.877. The Hall–Kier alpha value is -3.35. The van der Waals surface area contributed by atoms with E-state index < -0.39 is 24.0 Å². The van der Waals surface area contributed by atoms with Gasteiger partial charge < -0.3 is 20.5 Å². The lowest BCUT2D eigenvalue weighted by molar-refractivity contribution is -0.142. The second kappa shape index (κ2) is 9.42. The summed E-state index contributed by atoms with van der Waals surface area (Å²) < 4.78 is 5.51. The summed E-state index contributed by atoms with van der Waals surface area (Å²) in [6.45, 7) is 1.94.